The number of nitrogens with one attached hydrogen (secondary N) is 1. The SMILES string of the molecule is N#Cc1cnc2sc(CC(F)(F)F)cc2c1N1CC2(CN(C(=O)[C@@H]3N[C@@H]4CC[C@H]3C4)C2)C1. The predicted octanol–water partition coefficient (Wildman–Crippen LogP) is 3.06. The molecule has 1 aliphatic carbocycles. The molecule has 0 aromatic carbocycles. The van der Waals surface area contributed by atoms with Crippen LogP contribution < -0.4 is 10.2 Å². The molecule has 6 nitrogen and oxygen atoms in total. The van der Waals surface area contributed by atoms with Gasteiger partial charge < -0.3 is 15.1 Å². The number of hydrogen-bond acceptors (Lipinski definition) is 6. The summed E-state index contributed by atoms with van der Waals surface area (Å²) in [5, 5.41) is 13.7. The van der Waals surface area contributed by atoms with E-state index in [1.807, 2.05) is 4.90 Å². The van der Waals surface area contributed by atoms with E-state index in [2.05, 4.69) is 21.3 Å². The van der Waals surface area contributed by atoms with Crippen LogP contribution in [-0.2, 0) is 11.2 Å². The molecular formula is C22H22F3N5OS. The van der Waals surface area contributed by atoms with E-state index in [-0.39, 0.29) is 22.2 Å². The van der Waals surface area contributed by atoms with Gasteiger partial charge in [-0.25, -0.2) is 4.98 Å². The maximum absolute atomic E-state index is 12.9. The van der Waals surface area contributed by atoms with Gasteiger partial charge in [-0.05, 0) is 31.2 Å². The van der Waals surface area contributed by atoms with Crippen LogP contribution in [0.4, 0.5) is 18.9 Å². The van der Waals surface area contributed by atoms with E-state index < -0.39 is 12.6 Å². The van der Waals surface area contributed by atoms with Crippen LogP contribution in [0.15, 0.2) is 12.3 Å². The number of pyridine rings is 1. The summed E-state index contributed by atoms with van der Waals surface area (Å²) < 4.78 is 38.6. The van der Waals surface area contributed by atoms with E-state index in [4.69, 9.17) is 0 Å². The number of nitriles is 1. The molecular weight excluding hydrogens is 439 g/mol. The molecule has 4 aliphatic rings. The van der Waals surface area contributed by atoms with Crippen LogP contribution in [0, 0.1) is 22.7 Å². The fourth-order valence-corrected chi connectivity index (χ4v) is 7.14. The fraction of sp³-hybridized carbons (Fsp3) is 0.591. The van der Waals surface area contributed by atoms with Crippen LogP contribution in [0.1, 0.15) is 29.7 Å². The van der Waals surface area contributed by atoms with E-state index in [0.717, 1.165) is 24.2 Å². The van der Waals surface area contributed by atoms with Crippen molar-refractivity contribution < 1.29 is 18.0 Å². The van der Waals surface area contributed by atoms with Crippen molar-refractivity contribution in [2.24, 2.45) is 11.3 Å². The van der Waals surface area contributed by atoms with Gasteiger partial charge in [-0.3, -0.25) is 4.79 Å². The number of hydrogen-bond donors (Lipinski definition) is 1. The number of rotatable bonds is 3. The van der Waals surface area contributed by atoms with Crippen molar-refractivity contribution in [2.75, 3.05) is 31.1 Å². The standard InChI is InChI=1S/C22H22F3N5OS/c23-22(24,25)5-15-4-16-18(13(6-26)7-27-19(16)32-15)29-8-21(9-29)10-30(11-21)20(31)17-12-1-2-14(3-12)28-17/h4,7,12,14,17,28H,1-3,5,8-11H2/t12-,14+,17+/m0/s1. The van der Waals surface area contributed by atoms with Crippen LogP contribution in [0.3, 0.4) is 0 Å². The number of amides is 1. The highest BCUT2D eigenvalue weighted by atomic mass is 32.1. The molecule has 0 radical (unpaired) electrons. The quantitative estimate of drug-likeness (QED) is 0.761. The van der Waals surface area contributed by atoms with Gasteiger partial charge in [0.15, 0.2) is 0 Å². The molecule has 2 aromatic rings. The third-order valence-electron chi connectivity index (χ3n) is 7.44. The molecule has 1 N–H and O–H groups in total. The number of thiophene rings is 1. The molecule has 1 saturated carbocycles. The lowest BCUT2D eigenvalue weighted by Gasteiger charge is -2.61. The number of carbonyl (C=O) groups excluding carboxylic acids is 1. The summed E-state index contributed by atoms with van der Waals surface area (Å²) >= 11 is 1.03. The largest absolute Gasteiger partial charge is 0.393 e. The number of anilines is 1. The minimum Gasteiger partial charge on any atom is -0.368 e. The van der Waals surface area contributed by atoms with Gasteiger partial charge in [0.05, 0.1) is 23.7 Å². The van der Waals surface area contributed by atoms with E-state index in [0.29, 0.717) is 59.6 Å². The Morgan fingerprint density at radius 2 is 2.09 bits per heavy atom. The molecule has 168 valence electrons. The number of halogens is 3. The van der Waals surface area contributed by atoms with Gasteiger partial charge >= 0.3 is 6.18 Å². The molecule has 5 heterocycles. The van der Waals surface area contributed by atoms with Gasteiger partial charge in [-0.1, -0.05) is 0 Å². The summed E-state index contributed by atoms with van der Waals surface area (Å²) in [7, 11) is 0. The van der Waals surface area contributed by atoms with Gasteiger partial charge in [-0.15, -0.1) is 11.3 Å². The van der Waals surface area contributed by atoms with Crippen LogP contribution in [0.2, 0.25) is 0 Å². The molecule has 2 aromatic heterocycles. The topological polar surface area (TPSA) is 72.3 Å². The summed E-state index contributed by atoms with van der Waals surface area (Å²) in [6.07, 6.45) is -0.416. The molecule has 3 aliphatic heterocycles. The zero-order valence-corrected chi connectivity index (χ0v) is 18.1. The zero-order valence-electron chi connectivity index (χ0n) is 17.3. The minimum absolute atomic E-state index is 0.0143. The molecule has 2 bridgehead atoms. The first-order chi connectivity index (χ1) is 15.2. The third kappa shape index (κ3) is 3.17. The molecule has 10 heteroatoms. The maximum Gasteiger partial charge on any atom is 0.393 e. The van der Waals surface area contributed by atoms with Gasteiger partial charge in [0, 0.05) is 54.1 Å². The fourth-order valence-electron chi connectivity index (χ4n) is 6.10. The van der Waals surface area contributed by atoms with Crippen molar-refractivity contribution in [3.8, 4) is 6.07 Å². The lowest BCUT2D eigenvalue weighted by atomic mass is 9.72. The van der Waals surface area contributed by atoms with E-state index in [1.54, 1.807) is 0 Å². The lowest BCUT2D eigenvalue weighted by Crippen LogP contribution is -2.74. The van der Waals surface area contributed by atoms with Crippen LogP contribution in [0.5, 0.6) is 0 Å². The Kier molecular flexibility index (Phi) is 4.31. The molecule has 4 fully saturated rings. The second-order valence-electron chi connectivity index (χ2n) is 9.82. The van der Waals surface area contributed by atoms with Crippen molar-refractivity contribution in [1.82, 2.24) is 15.2 Å². The van der Waals surface area contributed by atoms with E-state index >= 15 is 0 Å². The summed E-state index contributed by atoms with van der Waals surface area (Å²) in [4.78, 5) is 21.8. The summed E-state index contributed by atoms with van der Waals surface area (Å²) in [5.41, 5.74) is 1.06. The Balaban J connectivity index is 1.17. The molecule has 3 saturated heterocycles. The second kappa shape index (κ2) is 6.81. The van der Waals surface area contributed by atoms with Gasteiger partial charge in [0.25, 0.3) is 0 Å². The van der Waals surface area contributed by atoms with Gasteiger partial charge in [0.1, 0.15) is 10.9 Å². The van der Waals surface area contributed by atoms with Crippen molar-refractivity contribution >= 4 is 33.1 Å². The molecule has 3 atom stereocenters. The first-order valence-electron chi connectivity index (χ1n) is 10.9. The Bertz CT molecular complexity index is 1140. The highest BCUT2D eigenvalue weighted by Crippen LogP contribution is 2.47. The Morgan fingerprint density at radius 1 is 1.31 bits per heavy atom. The second-order valence-corrected chi connectivity index (χ2v) is 10.9. The number of aromatic nitrogens is 1. The number of likely N-dealkylation sites (tertiary alicyclic amines) is 1. The average Bonchev–Trinajstić information content (AvgIpc) is 3.38. The highest BCUT2D eigenvalue weighted by Gasteiger charge is 2.56. The lowest BCUT2D eigenvalue weighted by molar-refractivity contribution is -0.148. The number of nitrogens with zero attached hydrogens (tertiary/aromatic N) is 4. The van der Waals surface area contributed by atoms with Crippen molar-refractivity contribution in [3.63, 3.8) is 0 Å². The Morgan fingerprint density at radius 3 is 2.72 bits per heavy atom. The number of fused-ring (bicyclic) bond motifs is 3. The first kappa shape index (κ1) is 20.2. The monoisotopic (exact) mass is 461 g/mol. The summed E-state index contributed by atoms with van der Waals surface area (Å²) in [6.45, 7) is 2.80. The summed E-state index contributed by atoms with van der Waals surface area (Å²) in [6, 6.07) is 4.13. The number of carbonyl (C=O) groups is 1. The summed E-state index contributed by atoms with van der Waals surface area (Å²) in [5.74, 6) is 0.676. The van der Waals surface area contributed by atoms with Gasteiger partial charge in [0.2, 0.25) is 5.91 Å². The average molecular weight is 462 g/mol. The number of alkyl halides is 3. The minimum atomic E-state index is -4.28. The molecule has 32 heavy (non-hydrogen) atoms. The van der Waals surface area contributed by atoms with E-state index in [1.165, 1.54) is 18.7 Å². The molecule has 0 unspecified atom stereocenters. The first-order valence-corrected chi connectivity index (χ1v) is 11.7. The van der Waals surface area contributed by atoms with Crippen molar-refractivity contribution in [3.05, 3.63) is 22.7 Å². The normalized spacial score (nSPS) is 28.1. The van der Waals surface area contributed by atoms with Crippen molar-refractivity contribution in [2.45, 2.75) is 43.9 Å². The zero-order chi connectivity index (χ0) is 22.3. The predicted molar refractivity (Wildman–Crippen MR) is 113 cm³/mol. The van der Waals surface area contributed by atoms with Crippen LogP contribution >= 0.6 is 11.3 Å². The van der Waals surface area contributed by atoms with Crippen molar-refractivity contribution in [1.29, 1.82) is 5.26 Å². The van der Waals surface area contributed by atoms with Crippen LogP contribution in [-0.4, -0.2) is 60.2 Å². The maximum atomic E-state index is 12.9. The Labute approximate surface area is 187 Å². The smallest absolute Gasteiger partial charge is 0.368 e. The van der Waals surface area contributed by atoms with E-state index in [9.17, 15) is 23.2 Å². The molecule has 1 amide bonds. The Hall–Kier alpha value is -2.38. The molecule has 1 spiro atoms. The molecule has 6 rings (SSSR count). The van der Waals surface area contributed by atoms with Crippen LogP contribution in [0.25, 0.3) is 10.2 Å². The van der Waals surface area contributed by atoms with Gasteiger partial charge in [-0.2, -0.15) is 18.4 Å². The third-order valence-corrected chi connectivity index (χ3v) is 8.48. The highest BCUT2D eigenvalue weighted by molar-refractivity contribution is 7.18. The number of piperidine rings is 1.